The Kier molecular flexibility index (Phi) is 6.37. The van der Waals surface area contributed by atoms with Gasteiger partial charge in [0.2, 0.25) is 5.91 Å². The molecule has 1 aliphatic rings. The highest BCUT2D eigenvalue weighted by atomic mass is 32.1. The third-order valence-electron chi connectivity index (χ3n) is 8.67. The Balaban J connectivity index is 0.00000308. The number of rotatable bonds is 5. The third kappa shape index (κ3) is 4.04. The van der Waals surface area contributed by atoms with E-state index in [0.29, 0.717) is 5.13 Å². The van der Waals surface area contributed by atoms with Gasteiger partial charge in [0.1, 0.15) is 0 Å². The molecule has 192 valence electrons. The lowest BCUT2D eigenvalue weighted by molar-refractivity contribution is -0.128. The van der Waals surface area contributed by atoms with Crippen molar-refractivity contribution in [2.24, 2.45) is 5.41 Å². The van der Waals surface area contributed by atoms with Gasteiger partial charge in [-0.25, -0.2) is 4.98 Å². The van der Waals surface area contributed by atoms with Crippen LogP contribution in [0.5, 0.6) is 0 Å². The molecule has 0 fully saturated rings. The molecule has 1 N–H and O–H groups in total. The van der Waals surface area contributed by atoms with Crippen LogP contribution in [0, 0.1) is 12.3 Å². The number of hydrogen-bond acceptors (Lipinski definition) is 3. The van der Waals surface area contributed by atoms with Crippen LogP contribution in [0.25, 0.3) is 22.0 Å². The van der Waals surface area contributed by atoms with E-state index in [1.54, 1.807) is 0 Å². The number of carbonyl (C=O) groups is 1. The fourth-order valence-electron chi connectivity index (χ4n) is 6.45. The molecule has 1 aliphatic carbocycles. The number of aryl methyl sites for hydroxylation is 1. The van der Waals surface area contributed by atoms with Crippen molar-refractivity contribution < 1.29 is 6.22 Å². The van der Waals surface area contributed by atoms with Crippen LogP contribution in [0.4, 0.5) is 5.13 Å². The fraction of sp³-hybridized carbons (Fsp3) is 0.235. The Morgan fingerprint density at radius 1 is 0.947 bits per heavy atom. The number of nitrogens with zero attached hydrogens (tertiary/aromatic N) is 1. The normalized spacial score (nSPS) is 20.7. The first-order chi connectivity index (χ1) is 18.5. The summed E-state index contributed by atoms with van der Waals surface area (Å²) in [6.07, 6.45) is 1.54. The summed E-state index contributed by atoms with van der Waals surface area (Å²) in [6, 6.07) is 31.9. The summed E-state index contributed by atoms with van der Waals surface area (Å²) in [7, 11) is 0. The van der Waals surface area contributed by atoms with Gasteiger partial charge in [-0.05, 0) is 58.7 Å². The lowest BCUT2D eigenvalue weighted by atomic mass is 9.58. The highest BCUT2D eigenvalue weighted by Gasteiger charge is 2.49. The van der Waals surface area contributed by atoms with Crippen molar-refractivity contribution in [1.82, 2.24) is 4.98 Å². The summed E-state index contributed by atoms with van der Waals surface area (Å²) in [5.74, 6) is 0.345. The molecular formula is C34H34N2OS. The Bertz CT molecular complexity index is 1640. The zero-order valence-corrected chi connectivity index (χ0v) is 22.9. The van der Waals surface area contributed by atoms with E-state index in [-0.39, 0.29) is 19.2 Å². The average molecular weight is 519 g/mol. The molecule has 0 aliphatic heterocycles. The Morgan fingerprint density at radius 2 is 1.63 bits per heavy atom. The van der Waals surface area contributed by atoms with Crippen molar-refractivity contribution >= 4 is 33.1 Å². The van der Waals surface area contributed by atoms with Gasteiger partial charge in [0, 0.05) is 18.3 Å². The molecule has 1 aromatic heterocycles. The number of benzene rings is 4. The van der Waals surface area contributed by atoms with E-state index in [2.05, 4.69) is 117 Å². The zero-order chi connectivity index (χ0) is 26.3. The van der Waals surface area contributed by atoms with E-state index in [0.717, 1.165) is 24.1 Å². The molecule has 0 saturated heterocycles. The molecule has 4 heteroatoms. The summed E-state index contributed by atoms with van der Waals surface area (Å²) in [6.45, 7) is 6.55. The van der Waals surface area contributed by atoms with Gasteiger partial charge in [0.25, 0.3) is 0 Å². The molecule has 0 radical (unpaired) electrons. The van der Waals surface area contributed by atoms with Crippen LogP contribution in [0.1, 0.15) is 62.2 Å². The summed E-state index contributed by atoms with van der Waals surface area (Å²) >= 11 is 1.50. The van der Waals surface area contributed by atoms with Crippen molar-refractivity contribution in [1.29, 1.82) is 0 Å². The summed E-state index contributed by atoms with van der Waals surface area (Å²) in [4.78, 5) is 19.1. The molecule has 1 amide bonds. The topological polar surface area (TPSA) is 42.0 Å². The van der Waals surface area contributed by atoms with Crippen LogP contribution in [-0.4, -0.2) is 10.9 Å². The van der Waals surface area contributed by atoms with Gasteiger partial charge in [-0.15, -0.1) is 11.3 Å². The van der Waals surface area contributed by atoms with E-state index in [1.165, 1.54) is 44.4 Å². The molecule has 4 aromatic carbocycles. The van der Waals surface area contributed by atoms with Gasteiger partial charge < -0.3 is 5.32 Å². The first kappa shape index (κ1) is 24.6. The quantitative estimate of drug-likeness (QED) is 0.252. The van der Waals surface area contributed by atoms with Crippen LogP contribution in [0.3, 0.4) is 0 Å². The highest BCUT2D eigenvalue weighted by molar-refractivity contribution is 7.14. The largest absolute Gasteiger partial charge is 0.301 e. The van der Waals surface area contributed by atoms with Gasteiger partial charge in [-0.2, -0.15) is 0 Å². The molecule has 3 atom stereocenters. The monoisotopic (exact) mass is 518 g/mol. The number of hydrogen-bond donors (Lipinski definition) is 1. The zero-order valence-electron chi connectivity index (χ0n) is 22.1. The first-order valence-electron chi connectivity index (χ1n) is 13.4. The maximum absolute atomic E-state index is 14.2. The molecule has 0 bridgehead atoms. The van der Waals surface area contributed by atoms with Crippen molar-refractivity contribution in [2.45, 2.75) is 45.4 Å². The van der Waals surface area contributed by atoms with Crippen LogP contribution in [0.2, 0.25) is 0 Å². The van der Waals surface area contributed by atoms with Crippen LogP contribution < -0.4 is 5.32 Å². The van der Waals surface area contributed by atoms with E-state index in [4.69, 9.17) is 4.98 Å². The highest BCUT2D eigenvalue weighted by Crippen LogP contribution is 2.55. The number of amides is 1. The second-order valence-electron chi connectivity index (χ2n) is 10.5. The maximum Gasteiger partial charge on any atom is 0.233 e. The number of carbonyl (C=O) groups excluding carboxylic acids is 1. The molecule has 3 nitrogen and oxygen atoms in total. The SMILES string of the molecule is CCC1(C(=O)Nc2nc(-c3cccc4ccccc34)cs2)CC(c2ccccc2C)c2ccccc2C1C.[HH]. The lowest BCUT2D eigenvalue weighted by Crippen LogP contribution is -2.44. The summed E-state index contributed by atoms with van der Waals surface area (Å²) < 4.78 is 0. The Morgan fingerprint density at radius 3 is 2.42 bits per heavy atom. The predicted octanol–water partition coefficient (Wildman–Crippen LogP) is 9.19. The minimum atomic E-state index is -0.535. The van der Waals surface area contributed by atoms with Gasteiger partial charge in [0.05, 0.1) is 11.1 Å². The second-order valence-corrected chi connectivity index (χ2v) is 11.4. The maximum atomic E-state index is 14.2. The van der Waals surface area contributed by atoms with Crippen LogP contribution >= 0.6 is 11.3 Å². The van der Waals surface area contributed by atoms with Crippen LogP contribution in [-0.2, 0) is 4.79 Å². The number of anilines is 1. The molecule has 3 unspecified atom stereocenters. The number of thiazole rings is 1. The summed E-state index contributed by atoms with van der Waals surface area (Å²) in [5, 5.41) is 8.32. The van der Waals surface area contributed by atoms with Gasteiger partial charge in [0.15, 0.2) is 5.13 Å². The van der Waals surface area contributed by atoms with E-state index in [9.17, 15) is 4.79 Å². The number of nitrogens with one attached hydrogen (secondary N) is 1. The number of fused-ring (bicyclic) bond motifs is 2. The second kappa shape index (κ2) is 9.85. The Hall–Kier alpha value is -3.76. The lowest BCUT2D eigenvalue weighted by Gasteiger charge is -2.45. The third-order valence-corrected chi connectivity index (χ3v) is 9.43. The number of aromatic nitrogens is 1. The van der Waals surface area contributed by atoms with Crippen molar-refractivity contribution in [3.05, 3.63) is 119 Å². The first-order valence-corrected chi connectivity index (χ1v) is 14.3. The van der Waals surface area contributed by atoms with E-state index >= 15 is 0 Å². The minimum Gasteiger partial charge on any atom is -0.301 e. The van der Waals surface area contributed by atoms with Gasteiger partial charge in [-0.1, -0.05) is 105 Å². The fourth-order valence-corrected chi connectivity index (χ4v) is 7.16. The average Bonchev–Trinajstić information content (AvgIpc) is 3.42. The molecule has 0 saturated carbocycles. The smallest absolute Gasteiger partial charge is 0.233 e. The van der Waals surface area contributed by atoms with Crippen LogP contribution in [0.15, 0.2) is 96.4 Å². The van der Waals surface area contributed by atoms with Crippen molar-refractivity contribution in [3.8, 4) is 11.3 Å². The molecule has 5 aromatic rings. The minimum absolute atomic E-state index is 0. The van der Waals surface area contributed by atoms with E-state index < -0.39 is 5.41 Å². The molecule has 38 heavy (non-hydrogen) atoms. The predicted molar refractivity (Wildman–Crippen MR) is 161 cm³/mol. The molecular weight excluding hydrogens is 484 g/mol. The van der Waals surface area contributed by atoms with Crippen molar-refractivity contribution in [2.75, 3.05) is 5.32 Å². The van der Waals surface area contributed by atoms with Gasteiger partial charge in [-0.3, -0.25) is 4.79 Å². The molecule has 1 heterocycles. The summed E-state index contributed by atoms with van der Waals surface area (Å²) in [5.41, 5.74) is 6.65. The standard InChI is InChI=1S/C34H32N2OS.H2/c1-4-34(20-30(25-15-7-5-12-22(25)2)28-18-10-9-16-26(28)23(34)3)32(37)36-33-35-31(21-38-33)29-19-11-14-24-13-6-8-17-27(24)29;/h5-19,21,23,30H,4,20H2,1-3H3,(H,35,36,37);1H. The molecule has 0 spiro atoms. The van der Waals surface area contributed by atoms with Crippen molar-refractivity contribution in [3.63, 3.8) is 0 Å². The molecule has 6 rings (SSSR count). The Labute approximate surface area is 230 Å². The van der Waals surface area contributed by atoms with Gasteiger partial charge >= 0.3 is 0 Å². The van der Waals surface area contributed by atoms with E-state index in [1.807, 2.05) is 5.38 Å².